The standard InChI is InChI=1S/C16H18FN3O/c1-3-16(2,8-9-18)11-15-19-14(20-21-15)10-12-4-6-13(17)7-5-12/h4-7H,3,8,10-11H2,1-2H3. The second-order valence-corrected chi connectivity index (χ2v) is 5.58. The van der Waals surface area contributed by atoms with E-state index in [1.165, 1.54) is 12.1 Å². The first-order valence-corrected chi connectivity index (χ1v) is 6.97. The zero-order valence-electron chi connectivity index (χ0n) is 12.3. The van der Waals surface area contributed by atoms with Gasteiger partial charge in [-0.1, -0.05) is 31.1 Å². The van der Waals surface area contributed by atoms with E-state index in [0.717, 1.165) is 12.0 Å². The molecular formula is C16H18FN3O. The second kappa shape index (κ2) is 6.49. The van der Waals surface area contributed by atoms with Crippen LogP contribution in [0, 0.1) is 22.6 Å². The molecule has 0 saturated carbocycles. The average molecular weight is 287 g/mol. The van der Waals surface area contributed by atoms with E-state index >= 15 is 0 Å². The van der Waals surface area contributed by atoms with Crippen molar-refractivity contribution in [3.63, 3.8) is 0 Å². The molecule has 2 rings (SSSR count). The van der Waals surface area contributed by atoms with Gasteiger partial charge in [-0.3, -0.25) is 0 Å². The molecule has 1 aromatic heterocycles. The van der Waals surface area contributed by atoms with E-state index in [1.54, 1.807) is 12.1 Å². The van der Waals surface area contributed by atoms with Gasteiger partial charge < -0.3 is 4.52 Å². The van der Waals surface area contributed by atoms with Gasteiger partial charge in [0.15, 0.2) is 5.82 Å². The largest absolute Gasteiger partial charge is 0.339 e. The molecule has 0 bridgehead atoms. The predicted molar refractivity (Wildman–Crippen MR) is 75.8 cm³/mol. The molecule has 5 heteroatoms. The van der Waals surface area contributed by atoms with Crippen molar-refractivity contribution in [1.82, 2.24) is 10.1 Å². The summed E-state index contributed by atoms with van der Waals surface area (Å²) in [6.07, 6.45) is 2.42. The lowest BCUT2D eigenvalue weighted by molar-refractivity contribution is 0.265. The Labute approximate surface area is 123 Å². The van der Waals surface area contributed by atoms with Crippen LogP contribution in [-0.2, 0) is 12.8 Å². The predicted octanol–water partition coefficient (Wildman–Crippen LogP) is 3.67. The Kier molecular flexibility index (Phi) is 4.69. The van der Waals surface area contributed by atoms with Crippen molar-refractivity contribution in [2.75, 3.05) is 0 Å². The summed E-state index contributed by atoms with van der Waals surface area (Å²) >= 11 is 0. The van der Waals surface area contributed by atoms with Crippen molar-refractivity contribution in [2.24, 2.45) is 5.41 Å². The molecule has 0 aliphatic rings. The topological polar surface area (TPSA) is 62.7 Å². The first-order chi connectivity index (χ1) is 10.0. The van der Waals surface area contributed by atoms with E-state index in [9.17, 15) is 4.39 Å². The molecule has 1 heterocycles. The van der Waals surface area contributed by atoms with Gasteiger partial charge in [-0.25, -0.2) is 4.39 Å². The smallest absolute Gasteiger partial charge is 0.227 e. The molecule has 0 aliphatic heterocycles. The number of aromatic nitrogens is 2. The van der Waals surface area contributed by atoms with Crippen LogP contribution in [0.2, 0.25) is 0 Å². The highest BCUT2D eigenvalue weighted by Gasteiger charge is 2.25. The average Bonchev–Trinajstić information content (AvgIpc) is 2.88. The third kappa shape index (κ3) is 4.12. The maximum absolute atomic E-state index is 12.9. The molecule has 110 valence electrons. The fourth-order valence-corrected chi connectivity index (χ4v) is 2.09. The molecule has 1 atom stereocenters. The lowest BCUT2D eigenvalue weighted by Crippen LogP contribution is -2.18. The number of nitrogens with zero attached hydrogens (tertiary/aromatic N) is 3. The Bertz CT molecular complexity index is 630. The summed E-state index contributed by atoms with van der Waals surface area (Å²) in [6, 6.07) is 8.45. The van der Waals surface area contributed by atoms with Crippen molar-refractivity contribution >= 4 is 0 Å². The molecule has 2 aromatic rings. The summed E-state index contributed by atoms with van der Waals surface area (Å²) in [4.78, 5) is 4.36. The van der Waals surface area contributed by atoms with Crippen molar-refractivity contribution in [1.29, 1.82) is 5.26 Å². The number of rotatable bonds is 6. The zero-order valence-corrected chi connectivity index (χ0v) is 12.3. The normalized spacial score (nSPS) is 13.6. The summed E-state index contributed by atoms with van der Waals surface area (Å²) < 4.78 is 18.1. The summed E-state index contributed by atoms with van der Waals surface area (Å²) in [7, 11) is 0. The fourth-order valence-electron chi connectivity index (χ4n) is 2.09. The molecular weight excluding hydrogens is 269 g/mol. The Hall–Kier alpha value is -2.22. The summed E-state index contributed by atoms with van der Waals surface area (Å²) in [5.74, 6) is 0.862. The number of nitriles is 1. The van der Waals surface area contributed by atoms with E-state index in [2.05, 4.69) is 16.2 Å². The van der Waals surface area contributed by atoms with Crippen LogP contribution < -0.4 is 0 Å². The third-order valence-electron chi connectivity index (χ3n) is 3.72. The molecule has 1 aromatic carbocycles. The molecule has 0 spiro atoms. The first-order valence-electron chi connectivity index (χ1n) is 6.97. The molecule has 0 aliphatic carbocycles. The van der Waals surface area contributed by atoms with Crippen molar-refractivity contribution in [2.45, 2.75) is 39.5 Å². The lowest BCUT2D eigenvalue weighted by atomic mass is 9.81. The minimum atomic E-state index is -0.261. The molecule has 4 nitrogen and oxygen atoms in total. The van der Waals surface area contributed by atoms with Crippen molar-refractivity contribution < 1.29 is 8.91 Å². The van der Waals surface area contributed by atoms with Crippen LogP contribution in [0.25, 0.3) is 0 Å². The van der Waals surface area contributed by atoms with Crippen LogP contribution in [0.4, 0.5) is 4.39 Å². The number of halogens is 1. The third-order valence-corrected chi connectivity index (χ3v) is 3.72. The Morgan fingerprint density at radius 3 is 2.67 bits per heavy atom. The van der Waals surface area contributed by atoms with Crippen LogP contribution in [0.5, 0.6) is 0 Å². The zero-order chi connectivity index (χ0) is 15.3. The van der Waals surface area contributed by atoms with Gasteiger partial charge in [-0.05, 0) is 29.5 Å². The van der Waals surface area contributed by atoms with Crippen LogP contribution in [-0.4, -0.2) is 10.1 Å². The summed E-state index contributed by atoms with van der Waals surface area (Å²) in [6.45, 7) is 4.09. The van der Waals surface area contributed by atoms with Gasteiger partial charge >= 0.3 is 0 Å². The number of benzene rings is 1. The number of hydrogen-bond donors (Lipinski definition) is 0. The van der Waals surface area contributed by atoms with Crippen LogP contribution in [0.3, 0.4) is 0 Å². The quantitative estimate of drug-likeness (QED) is 0.813. The minimum Gasteiger partial charge on any atom is -0.339 e. The van der Waals surface area contributed by atoms with E-state index in [4.69, 9.17) is 9.78 Å². The highest BCUT2D eigenvalue weighted by Crippen LogP contribution is 2.29. The van der Waals surface area contributed by atoms with E-state index < -0.39 is 0 Å². The highest BCUT2D eigenvalue weighted by atomic mass is 19.1. The van der Waals surface area contributed by atoms with Gasteiger partial charge in [0.2, 0.25) is 5.89 Å². The summed E-state index contributed by atoms with van der Waals surface area (Å²) in [5.41, 5.74) is 0.785. The van der Waals surface area contributed by atoms with Crippen LogP contribution in [0.15, 0.2) is 28.8 Å². The maximum atomic E-state index is 12.9. The lowest BCUT2D eigenvalue weighted by Gasteiger charge is -2.22. The molecule has 0 radical (unpaired) electrons. The van der Waals surface area contributed by atoms with Gasteiger partial charge in [0.25, 0.3) is 0 Å². The SMILES string of the molecule is CCC(C)(CC#N)Cc1nc(Cc2ccc(F)cc2)no1. The van der Waals surface area contributed by atoms with Gasteiger partial charge in [0.05, 0.1) is 6.07 Å². The Balaban J connectivity index is 2.04. The minimum absolute atomic E-state index is 0.144. The van der Waals surface area contributed by atoms with Gasteiger partial charge in [0, 0.05) is 19.3 Å². The molecule has 0 amide bonds. The molecule has 21 heavy (non-hydrogen) atoms. The first kappa shape index (κ1) is 15.2. The van der Waals surface area contributed by atoms with Crippen LogP contribution in [0.1, 0.15) is 44.0 Å². The fraction of sp³-hybridized carbons (Fsp3) is 0.438. The van der Waals surface area contributed by atoms with Gasteiger partial charge in [0.1, 0.15) is 5.82 Å². The van der Waals surface area contributed by atoms with Gasteiger partial charge in [-0.15, -0.1) is 0 Å². The summed E-state index contributed by atoms with van der Waals surface area (Å²) in [5, 5.41) is 12.8. The Morgan fingerprint density at radius 1 is 1.33 bits per heavy atom. The van der Waals surface area contributed by atoms with E-state index in [1.807, 2.05) is 13.8 Å². The molecule has 1 unspecified atom stereocenters. The van der Waals surface area contributed by atoms with E-state index in [0.29, 0.717) is 31.0 Å². The Morgan fingerprint density at radius 2 is 2.05 bits per heavy atom. The van der Waals surface area contributed by atoms with Crippen molar-refractivity contribution in [3.05, 3.63) is 47.4 Å². The van der Waals surface area contributed by atoms with Gasteiger partial charge in [-0.2, -0.15) is 10.2 Å². The molecule has 0 saturated heterocycles. The van der Waals surface area contributed by atoms with E-state index in [-0.39, 0.29) is 11.2 Å². The van der Waals surface area contributed by atoms with Crippen molar-refractivity contribution in [3.8, 4) is 6.07 Å². The molecule has 0 fully saturated rings. The highest BCUT2D eigenvalue weighted by molar-refractivity contribution is 5.19. The molecule has 0 N–H and O–H groups in total. The maximum Gasteiger partial charge on any atom is 0.227 e. The van der Waals surface area contributed by atoms with Crippen LogP contribution >= 0.6 is 0 Å². The monoisotopic (exact) mass is 287 g/mol. The number of hydrogen-bond acceptors (Lipinski definition) is 4. The second-order valence-electron chi connectivity index (χ2n) is 5.58.